The summed E-state index contributed by atoms with van der Waals surface area (Å²) in [4.78, 5) is 27.4. The molecular formula is C22H29F6N3O5. The van der Waals surface area contributed by atoms with Crippen LogP contribution in [-0.2, 0) is 20.9 Å². The largest absolute Gasteiger partial charge is 0.490 e. The number of morpholine rings is 1. The fourth-order valence-corrected chi connectivity index (χ4v) is 4.00. The van der Waals surface area contributed by atoms with Crippen LogP contribution in [-0.4, -0.2) is 94.2 Å². The van der Waals surface area contributed by atoms with Crippen LogP contribution in [0.2, 0.25) is 0 Å². The second kappa shape index (κ2) is 12.7. The molecule has 14 heteroatoms. The summed E-state index contributed by atoms with van der Waals surface area (Å²) in [5.74, 6) is -4.54. The predicted molar refractivity (Wildman–Crippen MR) is 114 cm³/mol. The second-order valence-corrected chi connectivity index (χ2v) is 8.91. The van der Waals surface area contributed by atoms with Gasteiger partial charge in [0.1, 0.15) is 0 Å². The van der Waals surface area contributed by atoms with Gasteiger partial charge in [0.2, 0.25) is 0 Å². The van der Waals surface area contributed by atoms with Gasteiger partial charge in [0.15, 0.2) is 0 Å². The number of aliphatic carboxylic acids is 2. The molecule has 0 aromatic carbocycles. The standard InChI is InChI=1S/C18H27N3O.2C2HF3O2/c1-2-17(12-19-7-1)13-20-8-5-18(6-9-20)15-22-11-10-21(18)14-16-3-4-16;2*3-2(4,5)1(6)7/h1-2,7,12,16H,3-6,8-11,13-15H2;2*(H,6,7). The third kappa shape index (κ3) is 9.90. The summed E-state index contributed by atoms with van der Waals surface area (Å²) >= 11 is 0. The molecule has 8 nitrogen and oxygen atoms in total. The third-order valence-electron chi connectivity index (χ3n) is 6.12. The van der Waals surface area contributed by atoms with Crippen LogP contribution in [0, 0.1) is 5.92 Å². The predicted octanol–water partition coefficient (Wildman–Crippen LogP) is 3.43. The van der Waals surface area contributed by atoms with E-state index in [0.29, 0.717) is 5.54 Å². The Morgan fingerprint density at radius 2 is 1.58 bits per heavy atom. The quantitative estimate of drug-likeness (QED) is 0.572. The van der Waals surface area contributed by atoms with Crippen molar-refractivity contribution in [3.63, 3.8) is 0 Å². The smallest absolute Gasteiger partial charge is 0.475 e. The number of hydrogen-bond donors (Lipinski definition) is 2. The molecule has 1 spiro atoms. The van der Waals surface area contributed by atoms with E-state index in [1.807, 2.05) is 18.5 Å². The van der Waals surface area contributed by atoms with Crippen molar-refractivity contribution in [2.75, 3.05) is 39.4 Å². The Balaban J connectivity index is 0.000000271. The van der Waals surface area contributed by atoms with Gasteiger partial charge in [0.05, 0.1) is 13.2 Å². The van der Waals surface area contributed by atoms with Crippen molar-refractivity contribution in [1.29, 1.82) is 0 Å². The lowest BCUT2D eigenvalue weighted by Crippen LogP contribution is -2.61. The molecule has 2 saturated heterocycles. The molecule has 1 aromatic rings. The van der Waals surface area contributed by atoms with Crippen LogP contribution in [0.4, 0.5) is 26.3 Å². The number of pyridine rings is 1. The van der Waals surface area contributed by atoms with E-state index in [1.54, 1.807) is 0 Å². The number of carboxylic acid groups (broad SMARTS) is 2. The highest BCUT2D eigenvalue weighted by Crippen LogP contribution is 2.37. The summed E-state index contributed by atoms with van der Waals surface area (Å²) < 4.78 is 69.4. The number of hydrogen-bond acceptors (Lipinski definition) is 6. The molecule has 3 fully saturated rings. The van der Waals surface area contributed by atoms with Gasteiger partial charge in [-0.2, -0.15) is 26.3 Å². The van der Waals surface area contributed by atoms with Crippen LogP contribution in [0.15, 0.2) is 24.5 Å². The molecule has 204 valence electrons. The first-order valence-electron chi connectivity index (χ1n) is 11.3. The number of piperidine rings is 1. The molecule has 2 N–H and O–H groups in total. The van der Waals surface area contributed by atoms with Crippen molar-refractivity contribution in [2.45, 2.75) is 50.1 Å². The summed E-state index contributed by atoms with van der Waals surface area (Å²) in [5.41, 5.74) is 1.65. The number of likely N-dealkylation sites (tertiary alicyclic amines) is 1. The van der Waals surface area contributed by atoms with E-state index in [0.717, 1.165) is 32.2 Å². The third-order valence-corrected chi connectivity index (χ3v) is 6.12. The topological polar surface area (TPSA) is 103 Å². The molecule has 0 atom stereocenters. The minimum Gasteiger partial charge on any atom is -0.475 e. The number of carboxylic acids is 2. The van der Waals surface area contributed by atoms with E-state index < -0.39 is 24.3 Å². The molecule has 36 heavy (non-hydrogen) atoms. The van der Waals surface area contributed by atoms with Gasteiger partial charge in [0, 0.05) is 50.7 Å². The average molecular weight is 529 g/mol. The summed E-state index contributed by atoms with van der Waals surface area (Å²) in [6.07, 6.45) is -0.932. The van der Waals surface area contributed by atoms with Gasteiger partial charge in [-0.25, -0.2) is 9.59 Å². The number of ether oxygens (including phenoxy) is 1. The molecule has 4 rings (SSSR count). The average Bonchev–Trinajstić information content (AvgIpc) is 3.62. The summed E-state index contributed by atoms with van der Waals surface area (Å²) in [6.45, 7) is 7.71. The minimum atomic E-state index is -5.08. The van der Waals surface area contributed by atoms with Gasteiger partial charge in [-0.3, -0.25) is 14.8 Å². The van der Waals surface area contributed by atoms with E-state index in [2.05, 4.69) is 20.9 Å². The van der Waals surface area contributed by atoms with Gasteiger partial charge < -0.3 is 14.9 Å². The van der Waals surface area contributed by atoms with Gasteiger partial charge >= 0.3 is 24.3 Å². The molecular weight excluding hydrogens is 500 g/mol. The highest BCUT2D eigenvalue weighted by atomic mass is 19.4. The van der Waals surface area contributed by atoms with Crippen molar-refractivity contribution in [2.24, 2.45) is 5.92 Å². The number of aromatic nitrogens is 1. The molecule has 0 bridgehead atoms. The van der Waals surface area contributed by atoms with Gasteiger partial charge in [-0.1, -0.05) is 6.07 Å². The lowest BCUT2D eigenvalue weighted by molar-refractivity contribution is -0.193. The lowest BCUT2D eigenvalue weighted by atomic mass is 9.85. The Morgan fingerprint density at radius 3 is 2.03 bits per heavy atom. The summed E-state index contributed by atoms with van der Waals surface area (Å²) in [5, 5.41) is 14.2. The SMILES string of the molecule is O=C(O)C(F)(F)F.O=C(O)C(F)(F)F.c1cncc(CN2CCC3(CC2)COCCN3CC2CC2)c1. The molecule has 0 unspecified atom stereocenters. The number of halogens is 6. The zero-order valence-corrected chi connectivity index (χ0v) is 19.4. The number of nitrogens with zero attached hydrogens (tertiary/aromatic N) is 3. The van der Waals surface area contributed by atoms with Crippen molar-refractivity contribution in [3.05, 3.63) is 30.1 Å². The van der Waals surface area contributed by atoms with Crippen molar-refractivity contribution in [1.82, 2.24) is 14.8 Å². The Hall–Kier alpha value is -2.45. The van der Waals surface area contributed by atoms with Crippen molar-refractivity contribution < 1.29 is 50.9 Å². The first-order chi connectivity index (χ1) is 16.7. The number of alkyl halides is 6. The van der Waals surface area contributed by atoms with E-state index in [4.69, 9.17) is 24.5 Å². The first kappa shape index (κ1) is 29.8. The Labute approximate surface area is 203 Å². The molecule has 1 aromatic heterocycles. The molecule has 0 radical (unpaired) electrons. The highest BCUT2D eigenvalue weighted by Gasteiger charge is 2.44. The van der Waals surface area contributed by atoms with Crippen LogP contribution in [0.5, 0.6) is 0 Å². The Kier molecular flexibility index (Phi) is 10.5. The Bertz CT molecular complexity index is 817. The van der Waals surface area contributed by atoms with Crippen LogP contribution < -0.4 is 0 Å². The second-order valence-electron chi connectivity index (χ2n) is 8.91. The highest BCUT2D eigenvalue weighted by molar-refractivity contribution is 5.73. The number of rotatable bonds is 4. The van der Waals surface area contributed by atoms with Crippen LogP contribution in [0.3, 0.4) is 0 Å². The molecule has 3 heterocycles. The van der Waals surface area contributed by atoms with E-state index in [9.17, 15) is 26.3 Å². The van der Waals surface area contributed by atoms with Gasteiger partial charge in [0.25, 0.3) is 0 Å². The van der Waals surface area contributed by atoms with E-state index in [1.165, 1.54) is 50.9 Å². The number of carbonyl (C=O) groups is 2. The van der Waals surface area contributed by atoms with Crippen LogP contribution in [0.25, 0.3) is 0 Å². The molecule has 3 aliphatic rings. The zero-order valence-electron chi connectivity index (χ0n) is 19.4. The van der Waals surface area contributed by atoms with E-state index in [-0.39, 0.29) is 0 Å². The monoisotopic (exact) mass is 529 g/mol. The lowest BCUT2D eigenvalue weighted by Gasteiger charge is -2.51. The molecule has 1 saturated carbocycles. The molecule has 0 amide bonds. The normalized spacial score (nSPS) is 20.5. The summed E-state index contributed by atoms with van der Waals surface area (Å²) in [6, 6.07) is 4.22. The first-order valence-corrected chi connectivity index (χ1v) is 11.3. The van der Waals surface area contributed by atoms with Crippen molar-refractivity contribution in [3.8, 4) is 0 Å². The minimum absolute atomic E-state index is 0.326. The van der Waals surface area contributed by atoms with Crippen LogP contribution in [0.1, 0.15) is 31.2 Å². The fourth-order valence-electron chi connectivity index (χ4n) is 4.00. The van der Waals surface area contributed by atoms with Crippen molar-refractivity contribution >= 4 is 11.9 Å². The summed E-state index contributed by atoms with van der Waals surface area (Å²) in [7, 11) is 0. The van der Waals surface area contributed by atoms with Gasteiger partial charge in [-0.05, 0) is 43.2 Å². The fraction of sp³-hybridized carbons (Fsp3) is 0.682. The van der Waals surface area contributed by atoms with Gasteiger partial charge in [-0.15, -0.1) is 0 Å². The van der Waals surface area contributed by atoms with E-state index >= 15 is 0 Å². The maximum Gasteiger partial charge on any atom is 0.490 e. The molecule has 2 aliphatic heterocycles. The van der Waals surface area contributed by atoms with Crippen LogP contribution >= 0.6 is 0 Å². The maximum atomic E-state index is 10.6. The molecule has 1 aliphatic carbocycles. The zero-order chi connectivity index (χ0) is 27.0. The maximum absolute atomic E-state index is 10.6. The Morgan fingerprint density at radius 1 is 1.03 bits per heavy atom.